The lowest BCUT2D eigenvalue weighted by Crippen LogP contribution is -2.46. The summed E-state index contributed by atoms with van der Waals surface area (Å²) < 4.78 is 5.71. The van der Waals surface area contributed by atoms with Crippen molar-refractivity contribution in [3.05, 3.63) is 42.2 Å². The van der Waals surface area contributed by atoms with E-state index in [1.807, 2.05) is 30.3 Å². The summed E-state index contributed by atoms with van der Waals surface area (Å²) in [5.74, 6) is 0.144. The molecule has 18 heavy (non-hydrogen) atoms. The molecule has 2 heterocycles. The Kier molecular flexibility index (Phi) is 3.73. The highest BCUT2D eigenvalue weighted by Crippen LogP contribution is 2.36. The van der Waals surface area contributed by atoms with E-state index in [1.54, 1.807) is 6.26 Å². The molecule has 96 valence electrons. The van der Waals surface area contributed by atoms with Crippen molar-refractivity contribution < 1.29 is 9.53 Å². The fourth-order valence-electron chi connectivity index (χ4n) is 2.52. The number of ketones is 1. The molecule has 1 aromatic rings. The van der Waals surface area contributed by atoms with Crippen LogP contribution in [0.1, 0.15) is 18.4 Å². The molecule has 1 aromatic carbocycles. The molecule has 3 rings (SSSR count). The van der Waals surface area contributed by atoms with Crippen LogP contribution in [0.4, 0.5) is 0 Å². The first-order valence-electron chi connectivity index (χ1n) is 6.01. The molecule has 3 nitrogen and oxygen atoms in total. The van der Waals surface area contributed by atoms with Crippen LogP contribution in [0, 0.1) is 0 Å². The molecule has 2 aliphatic rings. The SMILES string of the molecule is Cl.O=C1C(c2ccccc2)=COC12CCNCC2. The highest BCUT2D eigenvalue weighted by molar-refractivity contribution is 6.26. The van der Waals surface area contributed by atoms with Crippen molar-refractivity contribution in [2.24, 2.45) is 0 Å². The maximum atomic E-state index is 12.5. The molecule has 1 N–H and O–H groups in total. The number of hydrogen-bond acceptors (Lipinski definition) is 3. The van der Waals surface area contributed by atoms with Crippen LogP contribution in [0.2, 0.25) is 0 Å². The van der Waals surface area contributed by atoms with Crippen LogP contribution in [0.25, 0.3) is 5.57 Å². The van der Waals surface area contributed by atoms with E-state index >= 15 is 0 Å². The van der Waals surface area contributed by atoms with Crippen molar-refractivity contribution in [1.29, 1.82) is 0 Å². The monoisotopic (exact) mass is 265 g/mol. The van der Waals surface area contributed by atoms with Gasteiger partial charge in [0.1, 0.15) is 0 Å². The molecule has 1 spiro atoms. The standard InChI is InChI=1S/C14H15NO2.ClH/c16-13-12(11-4-2-1-3-5-11)10-17-14(13)6-8-15-9-7-14;/h1-5,10,15H,6-9H2;1H. The van der Waals surface area contributed by atoms with Crippen LogP contribution in [-0.4, -0.2) is 24.5 Å². The smallest absolute Gasteiger partial charge is 0.210 e. The Morgan fingerprint density at radius 2 is 1.78 bits per heavy atom. The molecule has 0 atom stereocenters. The Labute approximate surface area is 113 Å². The Bertz CT molecular complexity index is 464. The first-order chi connectivity index (χ1) is 8.32. The Balaban J connectivity index is 0.00000120. The second-order valence-corrected chi connectivity index (χ2v) is 4.59. The zero-order valence-electron chi connectivity index (χ0n) is 10.0. The first-order valence-corrected chi connectivity index (χ1v) is 6.01. The minimum absolute atomic E-state index is 0. The lowest BCUT2D eigenvalue weighted by Gasteiger charge is -2.31. The average molecular weight is 266 g/mol. The van der Waals surface area contributed by atoms with Crippen molar-refractivity contribution in [1.82, 2.24) is 5.32 Å². The Hall–Kier alpha value is -1.32. The largest absolute Gasteiger partial charge is 0.486 e. The van der Waals surface area contributed by atoms with Crippen LogP contribution in [0.5, 0.6) is 0 Å². The number of halogens is 1. The van der Waals surface area contributed by atoms with E-state index in [2.05, 4.69) is 5.32 Å². The lowest BCUT2D eigenvalue weighted by molar-refractivity contribution is -0.130. The van der Waals surface area contributed by atoms with Gasteiger partial charge in [-0.1, -0.05) is 30.3 Å². The fraction of sp³-hybridized carbons (Fsp3) is 0.357. The van der Waals surface area contributed by atoms with Crippen molar-refractivity contribution in [3.8, 4) is 0 Å². The number of carbonyl (C=O) groups excluding carboxylic acids is 1. The first kappa shape index (κ1) is 13.1. The predicted octanol–water partition coefficient (Wildman–Crippen LogP) is 2.17. The zero-order chi connectivity index (χ0) is 11.7. The van der Waals surface area contributed by atoms with Crippen LogP contribution in [0.15, 0.2) is 36.6 Å². The van der Waals surface area contributed by atoms with Gasteiger partial charge in [-0.2, -0.15) is 0 Å². The third kappa shape index (κ3) is 2.04. The van der Waals surface area contributed by atoms with Gasteiger partial charge in [0.2, 0.25) is 5.78 Å². The van der Waals surface area contributed by atoms with E-state index < -0.39 is 5.60 Å². The van der Waals surface area contributed by atoms with Crippen LogP contribution >= 0.6 is 12.4 Å². The minimum atomic E-state index is -0.587. The number of Topliss-reactive ketones (excluding diaryl/α,β-unsaturated/α-hetero) is 1. The van der Waals surface area contributed by atoms with Crippen molar-refractivity contribution in [2.45, 2.75) is 18.4 Å². The minimum Gasteiger partial charge on any atom is -0.486 e. The van der Waals surface area contributed by atoms with Gasteiger partial charge >= 0.3 is 0 Å². The lowest BCUT2D eigenvalue weighted by atomic mass is 9.84. The van der Waals surface area contributed by atoms with E-state index in [9.17, 15) is 4.79 Å². The molecule has 0 aliphatic carbocycles. The topological polar surface area (TPSA) is 38.3 Å². The zero-order valence-corrected chi connectivity index (χ0v) is 10.8. The van der Waals surface area contributed by atoms with Crippen LogP contribution < -0.4 is 5.32 Å². The van der Waals surface area contributed by atoms with E-state index in [4.69, 9.17) is 4.74 Å². The number of nitrogens with one attached hydrogen (secondary N) is 1. The number of ether oxygens (including phenoxy) is 1. The van der Waals surface area contributed by atoms with Gasteiger partial charge in [-0.05, 0) is 18.7 Å². The number of hydrogen-bond donors (Lipinski definition) is 1. The highest BCUT2D eigenvalue weighted by atomic mass is 35.5. The Morgan fingerprint density at radius 3 is 2.44 bits per heavy atom. The molecule has 4 heteroatoms. The summed E-state index contributed by atoms with van der Waals surface area (Å²) in [4.78, 5) is 12.5. The molecule has 0 saturated carbocycles. The van der Waals surface area contributed by atoms with Gasteiger partial charge in [0.05, 0.1) is 11.8 Å². The number of piperidine rings is 1. The average Bonchev–Trinajstić information content (AvgIpc) is 2.70. The quantitative estimate of drug-likeness (QED) is 0.846. The number of carbonyl (C=O) groups is 1. The summed E-state index contributed by atoms with van der Waals surface area (Å²) in [6.45, 7) is 1.70. The van der Waals surface area contributed by atoms with Gasteiger partial charge in [0, 0.05) is 12.8 Å². The Morgan fingerprint density at radius 1 is 1.11 bits per heavy atom. The van der Waals surface area contributed by atoms with Crippen LogP contribution in [-0.2, 0) is 9.53 Å². The molecule has 0 bridgehead atoms. The van der Waals surface area contributed by atoms with Gasteiger partial charge in [-0.3, -0.25) is 4.79 Å². The third-order valence-corrected chi connectivity index (χ3v) is 3.56. The molecule has 0 unspecified atom stereocenters. The van der Waals surface area contributed by atoms with Gasteiger partial charge in [0.15, 0.2) is 5.60 Å². The second kappa shape index (κ2) is 5.12. The molecular formula is C14H16ClNO2. The van der Waals surface area contributed by atoms with E-state index in [-0.39, 0.29) is 18.2 Å². The summed E-state index contributed by atoms with van der Waals surface area (Å²) in [5.41, 5.74) is 1.08. The van der Waals surface area contributed by atoms with Crippen LogP contribution in [0.3, 0.4) is 0 Å². The van der Waals surface area contributed by atoms with E-state index in [1.165, 1.54) is 0 Å². The predicted molar refractivity (Wildman–Crippen MR) is 72.6 cm³/mol. The molecule has 0 amide bonds. The van der Waals surface area contributed by atoms with Crippen molar-refractivity contribution >= 4 is 23.8 Å². The summed E-state index contributed by atoms with van der Waals surface area (Å²) >= 11 is 0. The van der Waals surface area contributed by atoms with E-state index in [0.29, 0.717) is 5.57 Å². The van der Waals surface area contributed by atoms with Crippen molar-refractivity contribution in [2.75, 3.05) is 13.1 Å². The molecule has 0 aromatic heterocycles. The van der Waals surface area contributed by atoms with Gasteiger partial charge < -0.3 is 10.1 Å². The number of rotatable bonds is 1. The second-order valence-electron chi connectivity index (χ2n) is 4.59. The van der Waals surface area contributed by atoms with Crippen molar-refractivity contribution in [3.63, 3.8) is 0 Å². The summed E-state index contributed by atoms with van der Waals surface area (Å²) in [5, 5.41) is 3.26. The van der Waals surface area contributed by atoms with Gasteiger partial charge in [0.25, 0.3) is 0 Å². The summed E-state index contributed by atoms with van der Waals surface area (Å²) in [7, 11) is 0. The molecule has 0 radical (unpaired) electrons. The summed E-state index contributed by atoms with van der Waals surface area (Å²) in [6.07, 6.45) is 3.17. The van der Waals surface area contributed by atoms with E-state index in [0.717, 1.165) is 31.5 Å². The third-order valence-electron chi connectivity index (χ3n) is 3.56. The molecule has 1 fully saturated rings. The van der Waals surface area contributed by atoms with Gasteiger partial charge in [-0.25, -0.2) is 0 Å². The van der Waals surface area contributed by atoms with Gasteiger partial charge in [-0.15, -0.1) is 12.4 Å². The molecule has 2 aliphatic heterocycles. The summed E-state index contributed by atoms with van der Waals surface area (Å²) in [6, 6.07) is 9.73. The maximum Gasteiger partial charge on any atom is 0.210 e. The number of benzene rings is 1. The molecular weight excluding hydrogens is 250 g/mol. The fourth-order valence-corrected chi connectivity index (χ4v) is 2.52. The maximum absolute atomic E-state index is 12.5. The highest BCUT2D eigenvalue weighted by Gasteiger charge is 2.46. The normalized spacial score (nSPS) is 21.1. The molecule has 1 saturated heterocycles.